The summed E-state index contributed by atoms with van der Waals surface area (Å²) in [4.78, 5) is 8.34. The van der Waals surface area contributed by atoms with Crippen molar-refractivity contribution >= 4 is 11.3 Å². The summed E-state index contributed by atoms with van der Waals surface area (Å²) in [7, 11) is 0. The first-order valence-corrected chi connectivity index (χ1v) is 8.83. The zero-order valence-electron chi connectivity index (χ0n) is 12.8. The van der Waals surface area contributed by atoms with Gasteiger partial charge in [0, 0.05) is 48.5 Å². The van der Waals surface area contributed by atoms with Gasteiger partial charge < -0.3 is 5.32 Å². The van der Waals surface area contributed by atoms with Crippen LogP contribution < -0.4 is 5.32 Å². The number of rotatable bonds is 5. The molecule has 0 radical (unpaired) electrons. The number of hydrogen-bond donors (Lipinski definition) is 1. The maximum atomic E-state index is 3.43. The molecule has 20 heavy (non-hydrogen) atoms. The first-order valence-electron chi connectivity index (χ1n) is 8.01. The van der Waals surface area contributed by atoms with Crippen LogP contribution in [-0.4, -0.2) is 48.6 Å². The summed E-state index contributed by atoms with van der Waals surface area (Å²) in [5.41, 5.74) is 1.55. The average Bonchev–Trinajstić information content (AvgIpc) is 3.03. The van der Waals surface area contributed by atoms with Gasteiger partial charge in [0.15, 0.2) is 0 Å². The van der Waals surface area contributed by atoms with Gasteiger partial charge in [-0.3, -0.25) is 9.80 Å². The minimum Gasteiger partial charge on any atom is -0.312 e. The fraction of sp³-hybridized carbons (Fsp3) is 0.750. The minimum absolute atomic E-state index is 0.837. The molecule has 1 aromatic rings. The van der Waals surface area contributed by atoms with Gasteiger partial charge >= 0.3 is 0 Å². The van der Waals surface area contributed by atoms with Crippen LogP contribution in [0.1, 0.15) is 35.1 Å². The molecule has 0 aromatic carbocycles. The summed E-state index contributed by atoms with van der Waals surface area (Å²) in [6.45, 7) is 12.8. The number of aryl methyl sites for hydroxylation is 1. The number of nitrogens with zero attached hydrogens (tertiary/aromatic N) is 2. The van der Waals surface area contributed by atoms with Gasteiger partial charge in [0.1, 0.15) is 0 Å². The zero-order chi connectivity index (χ0) is 13.9. The van der Waals surface area contributed by atoms with Crippen LogP contribution in [-0.2, 0) is 13.1 Å². The van der Waals surface area contributed by atoms with Crippen molar-refractivity contribution in [3.8, 4) is 0 Å². The van der Waals surface area contributed by atoms with E-state index in [1.165, 1.54) is 48.8 Å². The lowest BCUT2D eigenvalue weighted by atomic mass is 10.1. The van der Waals surface area contributed by atoms with Crippen LogP contribution in [0.2, 0.25) is 0 Å². The molecule has 1 aromatic heterocycles. The molecule has 0 spiro atoms. The molecule has 2 aliphatic heterocycles. The van der Waals surface area contributed by atoms with E-state index in [0.717, 1.165) is 25.7 Å². The molecule has 112 valence electrons. The second-order valence-corrected chi connectivity index (χ2v) is 7.48. The molecule has 0 bridgehead atoms. The summed E-state index contributed by atoms with van der Waals surface area (Å²) in [5, 5.41) is 3.43. The Labute approximate surface area is 127 Å². The highest BCUT2D eigenvalue weighted by atomic mass is 32.1. The standard InChI is InChI=1S/C16H27N3S/c1-3-17-10-16-9-14(13(2)20-16)11-18-7-8-19-6-4-5-15(19)12-18/h9,15,17H,3-8,10-12H2,1-2H3. The lowest BCUT2D eigenvalue weighted by Crippen LogP contribution is -2.49. The van der Waals surface area contributed by atoms with E-state index >= 15 is 0 Å². The molecule has 1 atom stereocenters. The normalized spacial score (nSPS) is 24.2. The highest BCUT2D eigenvalue weighted by Gasteiger charge is 2.30. The SMILES string of the molecule is CCNCc1cc(CN2CCN3CCCC3C2)c(C)s1. The van der Waals surface area contributed by atoms with E-state index in [4.69, 9.17) is 0 Å². The maximum Gasteiger partial charge on any atom is 0.0299 e. The smallest absolute Gasteiger partial charge is 0.0299 e. The molecule has 3 nitrogen and oxygen atoms in total. The highest BCUT2D eigenvalue weighted by molar-refractivity contribution is 7.12. The van der Waals surface area contributed by atoms with Gasteiger partial charge in [-0.15, -0.1) is 11.3 Å². The summed E-state index contributed by atoms with van der Waals surface area (Å²) in [6.07, 6.45) is 2.81. The molecule has 2 fully saturated rings. The van der Waals surface area contributed by atoms with E-state index in [-0.39, 0.29) is 0 Å². The monoisotopic (exact) mass is 293 g/mol. The van der Waals surface area contributed by atoms with E-state index in [1.54, 1.807) is 5.56 Å². The van der Waals surface area contributed by atoms with Crippen molar-refractivity contribution in [3.63, 3.8) is 0 Å². The molecule has 0 saturated carbocycles. The Balaban J connectivity index is 1.58. The van der Waals surface area contributed by atoms with Crippen molar-refractivity contribution < 1.29 is 0 Å². The molecule has 0 amide bonds. The second kappa shape index (κ2) is 6.56. The highest BCUT2D eigenvalue weighted by Crippen LogP contribution is 2.26. The van der Waals surface area contributed by atoms with Crippen LogP contribution in [0.5, 0.6) is 0 Å². The van der Waals surface area contributed by atoms with E-state index in [1.807, 2.05) is 11.3 Å². The van der Waals surface area contributed by atoms with Gasteiger partial charge in [-0.25, -0.2) is 0 Å². The van der Waals surface area contributed by atoms with Gasteiger partial charge in [0.05, 0.1) is 0 Å². The molecule has 1 N–H and O–H groups in total. The fourth-order valence-electron chi connectivity index (χ4n) is 3.52. The van der Waals surface area contributed by atoms with Crippen molar-refractivity contribution in [2.45, 2.75) is 45.8 Å². The second-order valence-electron chi connectivity index (χ2n) is 6.14. The zero-order valence-corrected chi connectivity index (χ0v) is 13.6. The van der Waals surface area contributed by atoms with Crippen molar-refractivity contribution in [1.29, 1.82) is 0 Å². The van der Waals surface area contributed by atoms with Gasteiger partial charge in [-0.05, 0) is 44.5 Å². The lowest BCUT2D eigenvalue weighted by molar-refractivity contribution is 0.0993. The van der Waals surface area contributed by atoms with Crippen molar-refractivity contribution in [1.82, 2.24) is 15.1 Å². The van der Waals surface area contributed by atoms with Gasteiger partial charge in [-0.1, -0.05) is 6.92 Å². The van der Waals surface area contributed by atoms with Crippen LogP contribution in [0, 0.1) is 6.92 Å². The summed E-state index contributed by atoms with van der Waals surface area (Å²) in [5.74, 6) is 0. The Hall–Kier alpha value is -0.420. The van der Waals surface area contributed by atoms with Gasteiger partial charge in [0.25, 0.3) is 0 Å². The molecular formula is C16H27N3S. The van der Waals surface area contributed by atoms with Crippen molar-refractivity contribution in [3.05, 3.63) is 21.4 Å². The molecule has 4 heteroatoms. The van der Waals surface area contributed by atoms with Gasteiger partial charge in [-0.2, -0.15) is 0 Å². The summed E-state index contributed by atoms with van der Waals surface area (Å²) < 4.78 is 0. The summed E-state index contributed by atoms with van der Waals surface area (Å²) in [6, 6.07) is 3.26. The van der Waals surface area contributed by atoms with Crippen LogP contribution in [0.3, 0.4) is 0 Å². The number of nitrogens with one attached hydrogen (secondary N) is 1. The molecule has 2 aliphatic rings. The predicted octanol–water partition coefficient (Wildman–Crippen LogP) is 2.45. The third kappa shape index (κ3) is 3.25. The molecule has 1 unspecified atom stereocenters. The van der Waals surface area contributed by atoms with Crippen LogP contribution >= 0.6 is 11.3 Å². The van der Waals surface area contributed by atoms with Crippen LogP contribution in [0.25, 0.3) is 0 Å². The molecule has 2 saturated heterocycles. The van der Waals surface area contributed by atoms with Crippen molar-refractivity contribution in [2.24, 2.45) is 0 Å². The Bertz CT molecular complexity index is 443. The van der Waals surface area contributed by atoms with Gasteiger partial charge in [0.2, 0.25) is 0 Å². The largest absolute Gasteiger partial charge is 0.312 e. The molecule has 0 aliphatic carbocycles. The molecule has 3 heterocycles. The summed E-state index contributed by atoms with van der Waals surface area (Å²) >= 11 is 1.96. The van der Waals surface area contributed by atoms with Crippen LogP contribution in [0.15, 0.2) is 6.07 Å². The Morgan fingerprint density at radius 2 is 2.25 bits per heavy atom. The van der Waals surface area contributed by atoms with E-state index in [0.29, 0.717) is 0 Å². The number of thiophene rings is 1. The quantitative estimate of drug-likeness (QED) is 0.899. The molecular weight excluding hydrogens is 266 g/mol. The third-order valence-corrected chi connectivity index (χ3v) is 5.78. The Morgan fingerprint density at radius 1 is 1.35 bits per heavy atom. The molecule has 3 rings (SSSR count). The minimum atomic E-state index is 0.837. The van der Waals surface area contributed by atoms with Crippen molar-refractivity contribution in [2.75, 3.05) is 32.7 Å². The first-order chi connectivity index (χ1) is 9.76. The van der Waals surface area contributed by atoms with E-state index in [2.05, 4.69) is 35.0 Å². The lowest BCUT2D eigenvalue weighted by Gasteiger charge is -2.37. The Kier molecular flexibility index (Phi) is 4.76. The van der Waals surface area contributed by atoms with E-state index < -0.39 is 0 Å². The number of hydrogen-bond acceptors (Lipinski definition) is 4. The van der Waals surface area contributed by atoms with Crippen LogP contribution in [0.4, 0.5) is 0 Å². The average molecular weight is 293 g/mol. The number of piperazine rings is 1. The first kappa shape index (κ1) is 14.5. The maximum absolute atomic E-state index is 3.43. The fourth-order valence-corrected chi connectivity index (χ4v) is 4.54. The Morgan fingerprint density at radius 3 is 3.10 bits per heavy atom. The van der Waals surface area contributed by atoms with E-state index in [9.17, 15) is 0 Å². The predicted molar refractivity (Wildman–Crippen MR) is 86.3 cm³/mol. The number of fused-ring (bicyclic) bond motifs is 1. The topological polar surface area (TPSA) is 18.5 Å². The third-order valence-electron chi connectivity index (χ3n) is 4.69.